The Kier molecular flexibility index (Phi) is 1.90. The molecule has 0 fully saturated rings. The zero-order valence-corrected chi connectivity index (χ0v) is 7.97. The largest absolute Gasteiger partial charge is 0.344 e. The third-order valence-electron chi connectivity index (χ3n) is 2.29. The number of nitrogens with zero attached hydrogens (tertiary/aromatic N) is 3. The molecule has 0 aliphatic rings. The summed E-state index contributed by atoms with van der Waals surface area (Å²) in [6.07, 6.45) is 1.45. The van der Waals surface area contributed by atoms with E-state index in [4.69, 9.17) is 5.26 Å². The van der Waals surface area contributed by atoms with Gasteiger partial charge in [-0.15, -0.1) is 0 Å². The topological polar surface area (TPSA) is 71.9 Å². The van der Waals surface area contributed by atoms with Crippen molar-refractivity contribution in [2.75, 3.05) is 0 Å². The van der Waals surface area contributed by atoms with Crippen LogP contribution in [0.4, 0.5) is 5.69 Å². The predicted octanol–water partition coefficient (Wildman–Crippen LogP) is 1.96. The van der Waals surface area contributed by atoms with Crippen molar-refractivity contribution in [3.8, 4) is 6.07 Å². The predicted molar refractivity (Wildman–Crippen MR) is 54.3 cm³/mol. The number of benzene rings is 1. The first-order chi connectivity index (χ1) is 7.13. The van der Waals surface area contributed by atoms with E-state index in [0.717, 1.165) is 5.52 Å². The molecule has 0 N–H and O–H groups in total. The Morgan fingerprint density at radius 2 is 2.27 bits per heavy atom. The zero-order chi connectivity index (χ0) is 11.0. The molecule has 5 heteroatoms. The van der Waals surface area contributed by atoms with E-state index in [2.05, 4.69) is 0 Å². The van der Waals surface area contributed by atoms with Crippen molar-refractivity contribution in [2.45, 2.75) is 0 Å². The fourth-order valence-electron chi connectivity index (χ4n) is 1.59. The van der Waals surface area contributed by atoms with Crippen molar-refractivity contribution in [3.05, 3.63) is 40.1 Å². The van der Waals surface area contributed by atoms with Crippen LogP contribution in [0.2, 0.25) is 0 Å². The van der Waals surface area contributed by atoms with Crippen LogP contribution in [-0.2, 0) is 7.05 Å². The molecule has 0 bridgehead atoms. The normalized spacial score (nSPS) is 10.1. The summed E-state index contributed by atoms with van der Waals surface area (Å²) < 4.78 is 1.68. The van der Waals surface area contributed by atoms with E-state index >= 15 is 0 Å². The van der Waals surface area contributed by atoms with Crippen molar-refractivity contribution in [3.63, 3.8) is 0 Å². The lowest BCUT2D eigenvalue weighted by Crippen LogP contribution is -1.85. The van der Waals surface area contributed by atoms with Crippen LogP contribution in [0.5, 0.6) is 0 Å². The third kappa shape index (κ3) is 1.32. The summed E-state index contributed by atoms with van der Waals surface area (Å²) in [7, 11) is 1.74. The maximum absolute atomic E-state index is 10.7. The highest BCUT2D eigenvalue weighted by atomic mass is 16.6. The van der Waals surface area contributed by atoms with E-state index in [-0.39, 0.29) is 5.69 Å². The highest BCUT2D eigenvalue weighted by Crippen LogP contribution is 2.27. The first kappa shape index (κ1) is 9.21. The van der Waals surface area contributed by atoms with Gasteiger partial charge in [0.2, 0.25) is 0 Å². The molecule has 0 spiro atoms. The molecule has 2 aromatic rings. The molecule has 0 saturated carbocycles. The van der Waals surface area contributed by atoms with Crippen LogP contribution in [0.25, 0.3) is 10.9 Å². The summed E-state index contributed by atoms with van der Waals surface area (Å²) >= 11 is 0. The molecule has 15 heavy (non-hydrogen) atoms. The first-order valence-corrected chi connectivity index (χ1v) is 4.27. The second kappa shape index (κ2) is 3.10. The van der Waals surface area contributed by atoms with Gasteiger partial charge in [-0.25, -0.2) is 0 Å². The van der Waals surface area contributed by atoms with Crippen molar-refractivity contribution in [1.82, 2.24) is 4.57 Å². The van der Waals surface area contributed by atoms with Crippen LogP contribution >= 0.6 is 0 Å². The van der Waals surface area contributed by atoms with Crippen LogP contribution in [0.3, 0.4) is 0 Å². The maximum Gasteiger partial charge on any atom is 0.294 e. The van der Waals surface area contributed by atoms with Gasteiger partial charge in [0.1, 0.15) is 0 Å². The number of rotatable bonds is 1. The van der Waals surface area contributed by atoms with Crippen molar-refractivity contribution >= 4 is 16.6 Å². The molecule has 74 valence electrons. The fourth-order valence-corrected chi connectivity index (χ4v) is 1.59. The Morgan fingerprint density at radius 1 is 1.53 bits per heavy atom. The molecule has 0 amide bonds. The van der Waals surface area contributed by atoms with E-state index in [1.54, 1.807) is 23.7 Å². The number of aryl methyl sites for hydroxylation is 1. The number of nitriles is 1. The van der Waals surface area contributed by atoms with Gasteiger partial charge in [-0.1, -0.05) is 0 Å². The first-order valence-electron chi connectivity index (χ1n) is 4.27. The molecule has 0 aliphatic heterocycles. The minimum absolute atomic E-state index is 0.0320. The van der Waals surface area contributed by atoms with E-state index in [9.17, 15) is 10.1 Å². The molecule has 0 saturated heterocycles. The lowest BCUT2D eigenvalue weighted by molar-refractivity contribution is -0.383. The van der Waals surface area contributed by atoms with Gasteiger partial charge in [-0.3, -0.25) is 10.1 Å². The third-order valence-corrected chi connectivity index (χ3v) is 2.29. The summed E-state index contributed by atoms with van der Waals surface area (Å²) in [6, 6.07) is 6.85. The molecule has 0 atom stereocenters. The second-order valence-corrected chi connectivity index (χ2v) is 3.23. The maximum atomic E-state index is 10.7. The average Bonchev–Trinajstić information content (AvgIpc) is 2.56. The number of fused-ring (bicyclic) bond motifs is 1. The molecular formula is C10H7N3O2. The minimum Gasteiger partial charge on any atom is -0.344 e. The Hall–Kier alpha value is -2.35. The standard InChI is InChI=1S/C10H7N3O2/c1-12-6-10(13(14)15)8-4-7(5-11)2-3-9(8)12/h2-4,6H,1H3. The van der Waals surface area contributed by atoms with Crippen molar-refractivity contribution in [2.24, 2.45) is 7.05 Å². The Balaban J connectivity index is 2.84. The molecule has 2 rings (SSSR count). The molecular weight excluding hydrogens is 194 g/mol. The smallest absolute Gasteiger partial charge is 0.294 e. The van der Waals surface area contributed by atoms with E-state index in [0.29, 0.717) is 10.9 Å². The summed E-state index contributed by atoms with van der Waals surface area (Å²) in [5.74, 6) is 0. The summed E-state index contributed by atoms with van der Waals surface area (Å²) in [5.41, 5.74) is 1.21. The second-order valence-electron chi connectivity index (χ2n) is 3.23. The minimum atomic E-state index is -0.441. The molecule has 5 nitrogen and oxygen atoms in total. The van der Waals surface area contributed by atoms with Crippen LogP contribution in [-0.4, -0.2) is 9.49 Å². The lowest BCUT2D eigenvalue weighted by Gasteiger charge is -1.93. The van der Waals surface area contributed by atoms with Crippen molar-refractivity contribution in [1.29, 1.82) is 5.26 Å². The fraction of sp³-hybridized carbons (Fsp3) is 0.100. The van der Waals surface area contributed by atoms with Gasteiger partial charge < -0.3 is 4.57 Å². The molecule has 1 aromatic carbocycles. The van der Waals surface area contributed by atoms with Gasteiger partial charge in [0.15, 0.2) is 0 Å². The van der Waals surface area contributed by atoms with Gasteiger partial charge in [0.05, 0.1) is 33.7 Å². The number of hydrogen-bond donors (Lipinski definition) is 0. The van der Waals surface area contributed by atoms with Crippen LogP contribution in [0.15, 0.2) is 24.4 Å². The molecule has 0 unspecified atom stereocenters. The van der Waals surface area contributed by atoms with E-state index in [1.165, 1.54) is 12.3 Å². The quantitative estimate of drug-likeness (QED) is 0.523. The number of aromatic nitrogens is 1. The van der Waals surface area contributed by atoms with E-state index < -0.39 is 4.92 Å². The highest BCUT2D eigenvalue weighted by Gasteiger charge is 2.16. The Labute approximate surface area is 85.3 Å². The summed E-state index contributed by atoms with van der Waals surface area (Å²) in [5, 5.41) is 19.9. The van der Waals surface area contributed by atoms with Gasteiger partial charge >= 0.3 is 0 Å². The van der Waals surface area contributed by atoms with Crippen LogP contribution in [0, 0.1) is 21.4 Å². The monoisotopic (exact) mass is 201 g/mol. The van der Waals surface area contributed by atoms with Crippen LogP contribution < -0.4 is 0 Å². The van der Waals surface area contributed by atoms with E-state index in [1.807, 2.05) is 6.07 Å². The zero-order valence-electron chi connectivity index (χ0n) is 7.97. The Bertz CT molecular complexity index is 592. The molecule has 1 heterocycles. The molecule has 1 aromatic heterocycles. The van der Waals surface area contributed by atoms with Crippen molar-refractivity contribution < 1.29 is 4.92 Å². The molecule has 0 radical (unpaired) electrons. The molecule has 0 aliphatic carbocycles. The SMILES string of the molecule is Cn1cc([N+](=O)[O-])c2cc(C#N)ccc21. The van der Waals surface area contributed by atoms with Gasteiger partial charge in [0.25, 0.3) is 5.69 Å². The number of hydrogen-bond acceptors (Lipinski definition) is 3. The average molecular weight is 201 g/mol. The highest BCUT2D eigenvalue weighted by molar-refractivity contribution is 5.90. The summed E-state index contributed by atoms with van der Waals surface area (Å²) in [6.45, 7) is 0. The van der Waals surface area contributed by atoms with Crippen LogP contribution in [0.1, 0.15) is 5.56 Å². The summed E-state index contributed by atoms with van der Waals surface area (Å²) in [4.78, 5) is 10.3. The Morgan fingerprint density at radius 3 is 2.87 bits per heavy atom. The number of nitro groups is 1. The van der Waals surface area contributed by atoms with Gasteiger partial charge in [0, 0.05) is 7.05 Å². The van der Waals surface area contributed by atoms with Gasteiger partial charge in [-0.2, -0.15) is 5.26 Å². The lowest BCUT2D eigenvalue weighted by atomic mass is 10.1. The van der Waals surface area contributed by atoms with Gasteiger partial charge in [-0.05, 0) is 18.2 Å².